The summed E-state index contributed by atoms with van der Waals surface area (Å²) in [6, 6.07) is 5.29. The number of hydrogen-bond donors (Lipinski definition) is 1. The molecule has 0 bridgehead atoms. The van der Waals surface area contributed by atoms with Gasteiger partial charge in [0.05, 0.1) is 4.47 Å². The molecule has 1 N–H and O–H groups in total. The van der Waals surface area contributed by atoms with Gasteiger partial charge in [-0.05, 0) is 58.3 Å². The predicted octanol–water partition coefficient (Wildman–Crippen LogP) is 4.79. The van der Waals surface area contributed by atoms with E-state index in [9.17, 15) is 4.39 Å². The van der Waals surface area contributed by atoms with Gasteiger partial charge in [0.2, 0.25) is 0 Å². The molecule has 0 aromatic heterocycles. The number of nitrogens with one attached hydrogen (secondary N) is 1. The Morgan fingerprint density at radius 1 is 1.37 bits per heavy atom. The fraction of sp³-hybridized carbons (Fsp3) is 0.625. The van der Waals surface area contributed by atoms with E-state index in [0.29, 0.717) is 10.4 Å². The lowest BCUT2D eigenvalue weighted by Gasteiger charge is -2.35. The third-order valence-corrected chi connectivity index (χ3v) is 4.86. The summed E-state index contributed by atoms with van der Waals surface area (Å²) in [7, 11) is 0. The van der Waals surface area contributed by atoms with Crippen LogP contribution in [0.25, 0.3) is 0 Å². The third kappa shape index (κ3) is 4.57. The summed E-state index contributed by atoms with van der Waals surface area (Å²) in [5.41, 5.74) is 1.18. The van der Waals surface area contributed by atoms with Crippen LogP contribution in [-0.4, -0.2) is 13.1 Å². The summed E-state index contributed by atoms with van der Waals surface area (Å²) < 4.78 is 14.2. The van der Waals surface area contributed by atoms with Crippen molar-refractivity contribution in [3.63, 3.8) is 0 Å². The molecule has 1 unspecified atom stereocenters. The molecular weight excluding hydrogens is 305 g/mol. The predicted molar refractivity (Wildman–Crippen MR) is 83.9 cm³/mol. The van der Waals surface area contributed by atoms with Gasteiger partial charge in [-0.25, -0.2) is 4.39 Å². The van der Waals surface area contributed by atoms with Gasteiger partial charge in [0.25, 0.3) is 0 Å². The van der Waals surface area contributed by atoms with Crippen LogP contribution in [0.5, 0.6) is 0 Å². The third-order valence-electron chi connectivity index (χ3n) is 3.98. The average Bonchev–Trinajstić information content (AvgIpc) is 2.35. The van der Waals surface area contributed by atoms with E-state index in [1.807, 2.05) is 6.07 Å². The topological polar surface area (TPSA) is 12.0 Å². The first kappa shape index (κ1) is 16.6. The van der Waals surface area contributed by atoms with Crippen LogP contribution in [0.1, 0.15) is 39.7 Å². The smallest absolute Gasteiger partial charge is 0.137 e. The van der Waals surface area contributed by atoms with Crippen LogP contribution in [0, 0.1) is 17.2 Å². The fourth-order valence-electron chi connectivity index (χ4n) is 2.14. The minimum Gasteiger partial charge on any atom is -0.316 e. The van der Waals surface area contributed by atoms with E-state index in [0.717, 1.165) is 31.5 Å². The second-order valence-electron chi connectivity index (χ2n) is 5.88. The molecule has 0 spiro atoms. The molecule has 1 nitrogen and oxygen atoms in total. The Kier molecular flexibility index (Phi) is 6.48. The summed E-state index contributed by atoms with van der Waals surface area (Å²) in [5, 5.41) is 3.50. The maximum Gasteiger partial charge on any atom is 0.137 e. The number of halogens is 2. The molecule has 3 heteroatoms. The normalized spacial score (nSPS) is 14.7. The maximum absolute atomic E-state index is 13.6. The monoisotopic (exact) mass is 329 g/mol. The summed E-state index contributed by atoms with van der Waals surface area (Å²) in [6.07, 6.45) is 2.01. The van der Waals surface area contributed by atoms with Gasteiger partial charge in [-0.2, -0.15) is 0 Å². The average molecular weight is 330 g/mol. The van der Waals surface area contributed by atoms with Gasteiger partial charge in [-0.1, -0.05) is 39.8 Å². The molecule has 0 radical (unpaired) electrons. The fourth-order valence-corrected chi connectivity index (χ4v) is 2.55. The SMILES string of the molecule is CCCNCC(C)(Cc1cccc(F)c1Br)C(C)C. The van der Waals surface area contributed by atoms with E-state index in [2.05, 4.69) is 48.9 Å². The first-order valence-corrected chi connectivity index (χ1v) is 7.83. The van der Waals surface area contributed by atoms with E-state index in [1.54, 1.807) is 6.07 Å². The van der Waals surface area contributed by atoms with Gasteiger partial charge >= 0.3 is 0 Å². The Morgan fingerprint density at radius 3 is 2.63 bits per heavy atom. The summed E-state index contributed by atoms with van der Waals surface area (Å²) in [6.45, 7) is 10.9. The zero-order valence-electron chi connectivity index (χ0n) is 12.4. The van der Waals surface area contributed by atoms with Crippen LogP contribution in [-0.2, 0) is 6.42 Å². The maximum atomic E-state index is 13.6. The number of rotatable bonds is 7. The van der Waals surface area contributed by atoms with Crippen molar-refractivity contribution < 1.29 is 4.39 Å². The zero-order valence-corrected chi connectivity index (χ0v) is 14.0. The molecule has 1 aromatic rings. The molecule has 19 heavy (non-hydrogen) atoms. The molecule has 0 amide bonds. The molecule has 1 atom stereocenters. The highest BCUT2D eigenvalue weighted by atomic mass is 79.9. The summed E-state index contributed by atoms with van der Waals surface area (Å²) in [5.74, 6) is 0.358. The van der Waals surface area contributed by atoms with E-state index in [4.69, 9.17) is 0 Å². The number of benzene rings is 1. The van der Waals surface area contributed by atoms with Crippen LogP contribution < -0.4 is 5.32 Å². The van der Waals surface area contributed by atoms with Crippen molar-refractivity contribution in [2.75, 3.05) is 13.1 Å². The van der Waals surface area contributed by atoms with Crippen LogP contribution in [0.15, 0.2) is 22.7 Å². The van der Waals surface area contributed by atoms with Gasteiger partial charge in [-0.3, -0.25) is 0 Å². The van der Waals surface area contributed by atoms with Crippen LogP contribution in [0.3, 0.4) is 0 Å². The molecule has 0 aliphatic heterocycles. The molecule has 108 valence electrons. The number of hydrogen-bond acceptors (Lipinski definition) is 1. The standard InChI is InChI=1S/C16H25BrFN/c1-5-9-19-11-16(4,12(2)3)10-13-7-6-8-14(18)15(13)17/h6-8,12,19H,5,9-11H2,1-4H3. The highest BCUT2D eigenvalue weighted by molar-refractivity contribution is 9.10. The van der Waals surface area contributed by atoms with Crippen molar-refractivity contribution >= 4 is 15.9 Å². The van der Waals surface area contributed by atoms with Crippen molar-refractivity contribution in [2.45, 2.75) is 40.5 Å². The molecule has 0 fully saturated rings. The second-order valence-corrected chi connectivity index (χ2v) is 6.67. The van der Waals surface area contributed by atoms with Gasteiger partial charge in [0.15, 0.2) is 0 Å². The minimum atomic E-state index is -0.176. The Balaban J connectivity index is 2.85. The highest BCUT2D eigenvalue weighted by Crippen LogP contribution is 2.34. The van der Waals surface area contributed by atoms with Gasteiger partial charge < -0.3 is 5.32 Å². The Labute approximate surface area is 125 Å². The highest BCUT2D eigenvalue weighted by Gasteiger charge is 2.29. The van der Waals surface area contributed by atoms with Gasteiger partial charge in [0.1, 0.15) is 5.82 Å². The van der Waals surface area contributed by atoms with Crippen molar-refractivity contribution in [3.05, 3.63) is 34.1 Å². The minimum absolute atomic E-state index is 0.130. The molecular formula is C16H25BrFN. The molecule has 1 rings (SSSR count). The zero-order chi connectivity index (χ0) is 14.5. The van der Waals surface area contributed by atoms with Gasteiger partial charge in [0, 0.05) is 6.54 Å². The molecule has 0 aliphatic rings. The quantitative estimate of drug-likeness (QED) is 0.709. The molecule has 0 heterocycles. The Morgan fingerprint density at radius 2 is 2.05 bits per heavy atom. The largest absolute Gasteiger partial charge is 0.316 e. The molecule has 0 saturated carbocycles. The summed E-state index contributed by atoms with van der Waals surface area (Å²) in [4.78, 5) is 0. The lowest BCUT2D eigenvalue weighted by Crippen LogP contribution is -2.38. The van der Waals surface area contributed by atoms with Crippen molar-refractivity contribution in [2.24, 2.45) is 11.3 Å². The lowest BCUT2D eigenvalue weighted by molar-refractivity contribution is 0.207. The Bertz CT molecular complexity index is 406. The van der Waals surface area contributed by atoms with Crippen molar-refractivity contribution in [1.29, 1.82) is 0 Å². The van der Waals surface area contributed by atoms with E-state index in [-0.39, 0.29) is 11.2 Å². The van der Waals surface area contributed by atoms with Crippen LogP contribution >= 0.6 is 15.9 Å². The van der Waals surface area contributed by atoms with E-state index < -0.39 is 0 Å². The van der Waals surface area contributed by atoms with Crippen molar-refractivity contribution in [1.82, 2.24) is 5.32 Å². The first-order chi connectivity index (χ1) is 8.90. The molecule has 1 aromatic carbocycles. The van der Waals surface area contributed by atoms with E-state index in [1.165, 1.54) is 6.07 Å². The first-order valence-electron chi connectivity index (χ1n) is 7.04. The van der Waals surface area contributed by atoms with Crippen molar-refractivity contribution in [3.8, 4) is 0 Å². The van der Waals surface area contributed by atoms with Gasteiger partial charge in [-0.15, -0.1) is 0 Å². The Hall–Kier alpha value is -0.410. The molecule has 0 aliphatic carbocycles. The lowest BCUT2D eigenvalue weighted by atomic mass is 9.74. The van der Waals surface area contributed by atoms with Crippen LogP contribution in [0.2, 0.25) is 0 Å². The van der Waals surface area contributed by atoms with E-state index >= 15 is 0 Å². The second kappa shape index (κ2) is 7.39. The summed E-state index contributed by atoms with van der Waals surface area (Å²) >= 11 is 3.37. The van der Waals surface area contributed by atoms with Crippen LogP contribution in [0.4, 0.5) is 4.39 Å². The molecule has 0 saturated heterocycles.